The molecule has 0 unspecified atom stereocenters. The minimum atomic E-state index is 0.728. The summed E-state index contributed by atoms with van der Waals surface area (Å²) in [5, 5.41) is 1.15. The molecule has 6 nitrogen and oxygen atoms in total. The Balaban J connectivity index is 1.64. The number of nitrogens with zero attached hydrogens (tertiary/aromatic N) is 6. The maximum Gasteiger partial charge on any atom is 0.135 e. The van der Waals surface area contributed by atoms with Crippen molar-refractivity contribution in [2.45, 2.75) is 20.4 Å². The predicted octanol–water partition coefficient (Wildman–Crippen LogP) is 3.03. The third kappa shape index (κ3) is 3.64. The molecule has 1 aliphatic rings. The van der Waals surface area contributed by atoms with E-state index in [1.165, 1.54) is 5.56 Å². The lowest BCUT2D eigenvalue weighted by Gasteiger charge is -2.34. The molecule has 28 heavy (non-hydrogen) atoms. The number of anilines is 2. The SMILES string of the molecule is Cc1nc(CN(C)c2cccc3cccnc23)c(C)c(N2CCN(C)CC2)n1. The summed E-state index contributed by atoms with van der Waals surface area (Å²) in [6.45, 7) is 9.02. The third-order valence-corrected chi connectivity index (χ3v) is 5.55. The van der Waals surface area contributed by atoms with E-state index in [0.717, 1.165) is 66.7 Å². The van der Waals surface area contributed by atoms with Crippen LogP contribution < -0.4 is 9.80 Å². The van der Waals surface area contributed by atoms with Crippen molar-refractivity contribution >= 4 is 22.4 Å². The van der Waals surface area contributed by atoms with Gasteiger partial charge in [0, 0.05) is 50.4 Å². The van der Waals surface area contributed by atoms with Gasteiger partial charge in [-0.2, -0.15) is 0 Å². The number of pyridine rings is 1. The van der Waals surface area contributed by atoms with Crippen molar-refractivity contribution in [3.05, 3.63) is 53.6 Å². The molecular weight excluding hydrogens is 348 g/mol. The van der Waals surface area contributed by atoms with Gasteiger partial charge in [-0.25, -0.2) is 9.97 Å². The van der Waals surface area contributed by atoms with Gasteiger partial charge in [-0.15, -0.1) is 0 Å². The number of aryl methyl sites for hydroxylation is 1. The first-order chi connectivity index (χ1) is 13.5. The van der Waals surface area contributed by atoms with Crippen molar-refractivity contribution in [3.8, 4) is 0 Å². The van der Waals surface area contributed by atoms with Gasteiger partial charge in [0.15, 0.2) is 0 Å². The largest absolute Gasteiger partial charge is 0.367 e. The molecule has 0 amide bonds. The maximum atomic E-state index is 4.78. The number of fused-ring (bicyclic) bond motifs is 1. The van der Waals surface area contributed by atoms with Gasteiger partial charge in [-0.05, 0) is 33.0 Å². The second-order valence-corrected chi connectivity index (χ2v) is 7.66. The fourth-order valence-corrected chi connectivity index (χ4v) is 3.86. The molecule has 1 fully saturated rings. The number of piperazine rings is 1. The highest BCUT2D eigenvalue weighted by Gasteiger charge is 2.20. The zero-order chi connectivity index (χ0) is 19.7. The summed E-state index contributed by atoms with van der Waals surface area (Å²) in [6, 6.07) is 10.4. The van der Waals surface area contributed by atoms with Crippen LogP contribution >= 0.6 is 0 Å². The van der Waals surface area contributed by atoms with Crippen LogP contribution in [0.4, 0.5) is 11.5 Å². The van der Waals surface area contributed by atoms with Gasteiger partial charge in [0.05, 0.1) is 23.4 Å². The first-order valence-electron chi connectivity index (χ1n) is 9.85. The molecule has 0 spiro atoms. The van der Waals surface area contributed by atoms with Crippen LogP contribution in [0.2, 0.25) is 0 Å². The molecule has 3 heterocycles. The Kier molecular flexibility index (Phi) is 5.13. The summed E-state index contributed by atoms with van der Waals surface area (Å²) in [6.07, 6.45) is 1.85. The van der Waals surface area contributed by atoms with Gasteiger partial charge in [-0.3, -0.25) is 4.98 Å². The Hall–Kier alpha value is -2.73. The van der Waals surface area contributed by atoms with E-state index < -0.39 is 0 Å². The molecule has 4 rings (SSSR count). The van der Waals surface area contributed by atoms with Crippen molar-refractivity contribution in [1.82, 2.24) is 19.9 Å². The van der Waals surface area contributed by atoms with E-state index in [1.807, 2.05) is 19.2 Å². The number of para-hydroxylation sites is 1. The molecule has 1 aliphatic heterocycles. The van der Waals surface area contributed by atoms with Crippen molar-refractivity contribution in [1.29, 1.82) is 0 Å². The summed E-state index contributed by atoms with van der Waals surface area (Å²) in [5.41, 5.74) is 4.40. The summed E-state index contributed by atoms with van der Waals surface area (Å²) in [4.78, 5) is 21.1. The Morgan fingerprint density at radius 1 is 1.00 bits per heavy atom. The highest BCUT2D eigenvalue weighted by molar-refractivity contribution is 5.90. The molecule has 0 atom stereocenters. The Morgan fingerprint density at radius 3 is 2.54 bits per heavy atom. The van der Waals surface area contributed by atoms with Crippen LogP contribution in [-0.2, 0) is 6.54 Å². The van der Waals surface area contributed by atoms with E-state index in [1.54, 1.807) is 0 Å². The Morgan fingerprint density at radius 2 is 1.75 bits per heavy atom. The lowest BCUT2D eigenvalue weighted by molar-refractivity contribution is 0.311. The second kappa shape index (κ2) is 7.72. The van der Waals surface area contributed by atoms with Crippen LogP contribution in [-0.4, -0.2) is 60.1 Å². The Bertz CT molecular complexity index is 973. The van der Waals surface area contributed by atoms with Gasteiger partial charge >= 0.3 is 0 Å². The average molecular weight is 377 g/mol. The van der Waals surface area contributed by atoms with E-state index in [-0.39, 0.29) is 0 Å². The molecule has 2 aromatic heterocycles. The molecule has 3 aromatic rings. The molecular formula is C22H28N6. The van der Waals surface area contributed by atoms with Gasteiger partial charge in [0.1, 0.15) is 11.6 Å². The van der Waals surface area contributed by atoms with Gasteiger partial charge in [0.25, 0.3) is 0 Å². The highest BCUT2D eigenvalue weighted by atomic mass is 15.3. The number of hydrogen-bond donors (Lipinski definition) is 0. The number of aromatic nitrogens is 3. The van der Waals surface area contributed by atoms with Crippen LogP contribution in [0.5, 0.6) is 0 Å². The molecule has 146 valence electrons. The fourth-order valence-electron chi connectivity index (χ4n) is 3.86. The predicted molar refractivity (Wildman–Crippen MR) is 115 cm³/mol. The lowest BCUT2D eigenvalue weighted by Crippen LogP contribution is -2.45. The average Bonchev–Trinajstić information content (AvgIpc) is 2.70. The van der Waals surface area contributed by atoms with Crippen LogP contribution in [0, 0.1) is 13.8 Å². The molecule has 0 N–H and O–H groups in total. The topological polar surface area (TPSA) is 48.4 Å². The monoisotopic (exact) mass is 376 g/mol. The molecule has 1 saturated heterocycles. The van der Waals surface area contributed by atoms with Crippen molar-refractivity contribution < 1.29 is 0 Å². The summed E-state index contributed by atoms with van der Waals surface area (Å²) in [7, 11) is 4.28. The van der Waals surface area contributed by atoms with Crippen molar-refractivity contribution in [3.63, 3.8) is 0 Å². The van der Waals surface area contributed by atoms with E-state index >= 15 is 0 Å². The highest BCUT2D eigenvalue weighted by Crippen LogP contribution is 2.27. The lowest BCUT2D eigenvalue weighted by atomic mass is 10.1. The molecule has 0 saturated carbocycles. The van der Waals surface area contributed by atoms with Crippen LogP contribution in [0.3, 0.4) is 0 Å². The van der Waals surface area contributed by atoms with Gasteiger partial charge < -0.3 is 14.7 Å². The molecule has 6 heteroatoms. The van der Waals surface area contributed by atoms with E-state index in [2.05, 4.69) is 65.0 Å². The summed E-state index contributed by atoms with van der Waals surface area (Å²) in [5.74, 6) is 1.92. The zero-order valence-electron chi connectivity index (χ0n) is 17.2. The standard InChI is InChI=1S/C22H28N6/c1-16-19(24-17(2)25-22(16)28-13-11-26(3)12-14-28)15-27(4)20-9-5-7-18-8-6-10-23-21(18)20/h5-10H,11-15H2,1-4H3. The van der Waals surface area contributed by atoms with E-state index in [4.69, 9.17) is 9.97 Å². The molecule has 0 aliphatic carbocycles. The number of likely N-dealkylation sites (N-methyl/N-ethyl adjacent to an activating group) is 1. The van der Waals surface area contributed by atoms with Gasteiger partial charge in [0.2, 0.25) is 0 Å². The quantitative estimate of drug-likeness (QED) is 0.698. The third-order valence-electron chi connectivity index (χ3n) is 5.55. The summed E-state index contributed by atoms with van der Waals surface area (Å²) < 4.78 is 0. The molecule has 1 aromatic carbocycles. The minimum absolute atomic E-state index is 0.728. The first kappa shape index (κ1) is 18.6. The normalized spacial score (nSPS) is 15.2. The minimum Gasteiger partial charge on any atom is -0.367 e. The summed E-state index contributed by atoms with van der Waals surface area (Å²) >= 11 is 0. The first-order valence-corrected chi connectivity index (χ1v) is 9.85. The number of rotatable bonds is 4. The number of benzene rings is 1. The van der Waals surface area contributed by atoms with Gasteiger partial charge in [-0.1, -0.05) is 18.2 Å². The zero-order valence-corrected chi connectivity index (χ0v) is 17.2. The Labute approximate surface area is 166 Å². The van der Waals surface area contributed by atoms with Crippen LogP contribution in [0.25, 0.3) is 10.9 Å². The van der Waals surface area contributed by atoms with Crippen LogP contribution in [0.15, 0.2) is 36.5 Å². The van der Waals surface area contributed by atoms with Crippen LogP contribution in [0.1, 0.15) is 17.1 Å². The molecule has 0 radical (unpaired) electrons. The van der Waals surface area contributed by atoms with E-state index in [9.17, 15) is 0 Å². The maximum absolute atomic E-state index is 4.78. The fraction of sp³-hybridized carbons (Fsp3) is 0.409. The van der Waals surface area contributed by atoms with Crippen molar-refractivity contribution in [2.24, 2.45) is 0 Å². The smallest absolute Gasteiger partial charge is 0.135 e. The van der Waals surface area contributed by atoms with Crippen molar-refractivity contribution in [2.75, 3.05) is 50.1 Å². The van der Waals surface area contributed by atoms with E-state index in [0.29, 0.717) is 0 Å². The molecule has 0 bridgehead atoms. The number of hydrogen-bond acceptors (Lipinski definition) is 6. The second-order valence-electron chi connectivity index (χ2n) is 7.66.